The molecule has 0 aliphatic carbocycles. The molecule has 0 aromatic rings. The zero-order chi connectivity index (χ0) is 25.9. The Balaban J connectivity index is -0.0000000287. The van der Waals surface area contributed by atoms with Gasteiger partial charge in [0.05, 0.1) is 7.11 Å². The lowest BCUT2D eigenvalue weighted by Crippen LogP contribution is -2.21. The van der Waals surface area contributed by atoms with Crippen molar-refractivity contribution in [3.05, 3.63) is 0 Å². The highest BCUT2D eigenvalue weighted by molar-refractivity contribution is 5.66. The van der Waals surface area contributed by atoms with Gasteiger partial charge in [0.2, 0.25) is 0 Å². The van der Waals surface area contributed by atoms with Crippen LogP contribution >= 0.6 is 0 Å². The minimum atomic E-state index is -0.328. The van der Waals surface area contributed by atoms with E-state index in [1.807, 2.05) is 27.7 Å². The van der Waals surface area contributed by atoms with Crippen molar-refractivity contribution in [2.45, 2.75) is 97.5 Å². The van der Waals surface area contributed by atoms with Crippen molar-refractivity contribution in [3.63, 3.8) is 0 Å². The van der Waals surface area contributed by atoms with Gasteiger partial charge in [-0.05, 0) is 27.7 Å². The topological polar surface area (TPSA) is 125 Å². The van der Waals surface area contributed by atoms with Crippen molar-refractivity contribution < 1.29 is 52.3 Å². The van der Waals surface area contributed by atoms with E-state index >= 15 is 0 Å². The van der Waals surface area contributed by atoms with Crippen LogP contribution in [0.2, 0.25) is 0 Å². The van der Waals surface area contributed by atoms with Crippen molar-refractivity contribution in [2.75, 3.05) is 56.2 Å². The molecule has 0 fully saturated rings. The Kier molecular flexibility index (Phi) is 89.7. The first-order valence-corrected chi connectivity index (χ1v) is 9.08. The molecular weight excluding hydrogens is 476 g/mol. The maximum absolute atomic E-state index is 10.2. The largest absolute Gasteiger partial charge is 0.469 e. The molecule has 0 unspecified atom stereocenters. The van der Waals surface area contributed by atoms with Crippen molar-refractivity contribution in [1.82, 2.24) is 0 Å². The highest BCUT2D eigenvalue weighted by atomic mass is 16.7. The summed E-state index contributed by atoms with van der Waals surface area (Å²) < 4.78 is 35.9. The van der Waals surface area contributed by atoms with Crippen molar-refractivity contribution in [2.24, 2.45) is 0 Å². The quantitative estimate of drug-likeness (QED) is 0.233. The lowest BCUT2D eigenvalue weighted by atomic mass is 10.2. The molecular formula is C25H64O11. The van der Waals surface area contributed by atoms with E-state index in [1.165, 1.54) is 35.0 Å². The third kappa shape index (κ3) is 136. The summed E-state index contributed by atoms with van der Waals surface area (Å²) in [5, 5.41) is 0. The fraction of sp³-hybridized carbons (Fsp3) is 0.880. The summed E-state index contributed by atoms with van der Waals surface area (Å²) in [6, 6.07) is 0. The van der Waals surface area contributed by atoms with Crippen molar-refractivity contribution in [3.8, 4) is 0 Å². The van der Waals surface area contributed by atoms with E-state index in [-0.39, 0.29) is 73.7 Å². The van der Waals surface area contributed by atoms with Crippen LogP contribution in [0.4, 0.5) is 0 Å². The number of ether oxygens (including phenoxy) is 8. The Bertz CT molecular complexity index is 390. The van der Waals surface area contributed by atoms with E-state index in [2.05, 4.69) is 33.2 Å². The van der Waals surface area contributed by atoms with E-state index < -0.39 is 0 Å². The summed E-state index contributed by atoms with van der Waals surface area (Å²) in [5.74, 6) is -0.788. The van der Waals surface area contributed by atoms with Gasteiger partial charge in [0, 0.05) is 56.3 Å². The molecule has 0 spiro atoms. The second kappa shape index (κ2) is 50.2. The molecule has 230 valence electrons. The number of esters is 3. The van der Waals surface area contributed by atoms with Crippen LogP contribution in [-0.2, 0) is 52.3 Å². The Hall–Kier alpha value is -1.79. The van der Waals surface area contributed by atoms with Gasteiger partial charge >= 0.3 is 17.9 Å². The third-order valence-corrected chi connectivity index (χ3v) is 2.02. The fourth-order valence-corrected chi connectivity index (χ4v) is 0.787. The normalized spacial score (nSPS) is 7.83. The van der Waals surface area contributed by atoms with E-state index in [4.69, 9.17) is 4.74 Å². The Morgan fingerprint density at radius 1 is 0.611 bits per heavy atom. The van der Waals surface area contributed by atoms with E-state index in [9.17, 15) is 14.4 Å². The monoisotopic (exact) mass is 540 g/mol. The number of methoxy groups -OCH3 is 6. The lowest BCUT2D eigenvalue weighted by Gasteiger charge is -2.17. The van der Waals surface area contributed by atoms with Crippen LogP contribution in [0.5, 0.6) is 0 Å². The van der Waals surface area contributed by atoms with Gasteiger partial charge in [0.15, 0.2) is 13.1 Å². The molecule has 0 N–H and O–H groups in total. The molecule has 0 aromatic carbocycles. The zero-order valence-corrected chi connectivity index (χ0v) is 21.5. The van der Waals surface area contributed by atoms with E-state index in [1.54, 1.807) is 28.4 Å². The second-order valence-corrected chi connectivity index (χ2v) is 6.18. The molecule has 0 radical (unpaired) electrons. The molecule has 11 nitrogen and oxygen atoms in total. The lowest BCUT2D eigenvalue weighted by molar-refractivity contribution is -0.152. The van der Waals surface area contributed by atoms with Gasteiger partial charge in [-0.1, -0.05) is 37.1 Å². The molecule has 0 rings (SSSR count). The summed E-state index contributed by atoms with van der Waals surface area (Å²) in [4.78, 5) is 29.7. The van der Waals surface area contributed by atoms with Crippen molar-refractivity contribution in [1.29, 1.82) is 0 Å². The Morgan fingerprint density at radius 3 is 0.944 bits per heavy atom. The smallest absolute Gasteiger partial charge is 0.304 e. The second-order valence-electron chi connectivity index (χ2n) is 6.18. The van der Waals surface area contributed by atoms with Gasteiger partial charge in [-0.15, -0.1) is 0 Å². The molecule has 0 aliphatic rings. The number of hydrogen-bond donors (Lipinski definition) is 0. The Labute approximate surface area is 224 Å². The van der Waals surface area contributed by atoms with Crippen LogP contribution < -0.4 is 0 Å². The van der Waals surface area contributed by atoms with Crippen molar-refractivity contribution >= 4 is 17.9 Å². The Morgan fingerprint density at radius 2 is 0.917 bits per heavy atom. The summed E-state index contributed by atoms with van der Waals surface area (Å²) >= 11 is 0. The van der Waals surface area contributed by atoms with Gasteiger partial charge in [-0.2, -0.15) is 0 Å². The standard InChI is InChI=1S/C6H12O2.C4H8O3.C4H10O2.C3H8O2.C3H6O2.5CH4/c1-5(7)8-6(2,3)4;1-4(5)7-3-6-2;1-4(5-2)6-3;1-4-3-5-2;1-3(4)5-2;;;;;/h1-4H3;3H2,1-2H3;4H,1-3H3;3H2,1-2H3;1-2H3;5*1H4. The molecule has 11 heteroatoms. The molecule has 0 amide bonds. The van der Waals surface area contributed by atoms with Gasteiger partial charge in [0.1, 0.15) is 12.4 Å². The van der Waals surface area contributed by atoms with Crippen LogP contribution in [0.3, 0.4) is 0 Å². The predicted octanol–water partition coefficient (Wildman–Crippen LogP) is 5.72. The van der Waals surface area contributed by atoms with E-state index in [0.29, 0.717) is 6.79 Å². The van der Waals surface area contributed by atoms with Crippen LogP contribution in [0.15, 0.2) is 0 Å². The average Bonchev–Trinajstić information content (AvgIpc) is 2.66. The number of carbonyl (C=O) groups excluding carboxylic acids is 3. The van der Waals surface area contributed by atoms with Crippen LogP contribution in [-0.4, -0.2) is 86.0 Å². The molecule has 0 bridgehead atoms. The molecule has 0 saturated carbocycles. The first kappa shape index (κ1) is 64.4. The van der Waals surface area contributed by atoms with Crippen LogP contribution in [0.1, 0.15) is 85.6 Å². The fourth-order valence-electron chi connectivity index (χ4n) is 0.787. The summed E-state index contributed by atoms with van der Waals surface area (Å²) in [7, 11) is 9.20. The summed E-state index contributed by atoms with van der Waals surface area (Å²) in [6.07, 6.45) is -0.0648. The minimum absolute atomic E-state index is 0. The number of hydrogen-bond acceptors (Lipinski definition) is 11. The summed E-state index contributed by atoms with van der Waals surface area (Å²) in [6.45, 7) is 11.9. The molecule has 0 saturated heterocycles. The first-order valence-electron chi connectivity index (χ1n) is 9.08. The van der Waals surface area contributed by atoms with Gasteiger partial charge in [0.25, 0.3) is 0 Å². The maximum atomic E-state index is 10.2. The van der Waals surface area contributed by atoms with Gasteiger partial charge in [-0.25, -0.2) is 0 Å². The molecule has 0 aliphatic heterocycles. The third-order valence-electron chi connectivity index (χ3n) is 2.02. The van der Waals surface area contributed by atoms with Gasteiger partial charge in [-0.3, -0.25) is 14.4 Å². The number of carbonyl (C=O) groups is 3. The first-order chi connectivity index (χ1) is 14.2. The maximum Gasteiger partial charge on any atom is 0.304 e. The predicted molar refractivity (Wildman–Crippen MR) is 149 cm³/mol. The highest BCUT2D eigenvalue weighted by Gasteiger charge is 2.11. The molecule has 0 heterocycles. The van der Waals surface area contributed by atoms with Crippen LogP contribution in [0.25, 0.3) is 0 Å². The van der Waals surface area contributed by atoms with E-state index in [0.717, 1.165) is 0 Å². The minimum Gasteiger partial charge on any atom is -0.469 e. The van der Waals surface area contributed by atoms with Gasteiger partial charge < -0.3 is 37.9 Å². The molecule has 0 atom stereocenters. The zero-order valence-electron chi connectivity index (χ0n) is 21.5. The number of rotatable bonds is 6. The van der Waals surface area contributed by atoms with Crippen LogP contribution in [0, 0.1) is 0 Å². The molecule has 36 heavy (non-hydrogen) atoms. The summed E-state index contributed by atoms with van der Waals surface area (Å²) in [5.41, 5.74) is -0.328. The molecule has 0 aromatic heterocycles. The highest BCUT2D eigenvalue weighted by Crippen LogP contribution is 2.05. The SMILES string of the molecule is C.C.C.C.C.CC(=O)OC(C)(C)C.COC(C)=O.COC(C)OC.COCOC.COCOC(C)=O. The average molecular weight is 541 g/mol.